The molecule has 188 valence electrons. The zero-order chi connectivity index (χ0) is 24.7. The minimum atomic E-state index is -3.77. The van der Waals surface area contributed by atoms with Crippen LogP contribution in [0.2, 0.25) is 0 Å². The van der Waals surface area contributed by atoms with Gasteiger partial charge in [-0.15, -0.1) is 0 Å². The van der Waals surface area contributed by atoms with Crippen molar-refractivity contribution < 1.29 is 32.3 Å². The number of hydrogen-bond donors (Lipinski definition) is 2. The predicted octanol–water partition coefficient (Wildman–Crippen LogP) is 1.06. The molecule has 0 aromatic heterocycles. The molecule has 1 aromatic rings. The molecule has 1 aromatic carbocycles. The van der Waals surface area contributed by atoms with Gasteiger partial charge in [-0.05, 0) is 37.0 Å². The van der Waals surface area contributed by atoms with Crippen molar-refractivity contribution in [1.29, 1.82) is 0 Å². The predicted molar refractivity (Wildman–Crippen MR) is 123 cm³/mol. The van der Waals surface area contributed by atoms with E-state index >= 15 is 0 Å². The second-order valence-electron chi connectivity index (χ2n) is 8.90. The van der Waals surface area contributed by atoms with Gasteiger partial charge in [0.1, 0.15) is 6.04 Å². The Morgan fingerprint density at radius 1 is 1.15 bits per heavy atom. The molecule has 1 saturated carbocycles. The lowest BCUT2D eigenvalue weighted by Crippen LogP contribution is -2.46. The SMILES string of the molecule is CC(C)[C@H](NC(=O)c1cccc(S(=O)(=O)N2CCOCC2)c1)C(=O)OCC(=O)NC1CCCC1. The average Bonchev–Trinajstić information content (AvgIpc) is 3.34. The van der Waals surface area contributed by atoms with Crippen LogP contribution in [0.5, 0.6) is 0 Å². The van der Waals surface area contributed by atoms with Crippen LogP contribution >= 0.6 is 0 Å². The monoisotopic (exact) mass is 495 g/mol. The zero-order valence-corrected chi connectivity index (χ0v) is 20.4. The molecular formula is C23H33N3O7S. The summed E-state index contributed by atoms with van der Waals surface area (Å²) in [5, 5.41) is 5.46. The number of amides is 2. The first-order valence-electron chi connectivity index (χ1n) is 11.6. The molecule has 1 aliphatic heterocycles. The van der Waals surface area contributed by atoms with Crippen LogP contribution in [-0.4, -0.2) is 75.5 Å². The van der Waals surface area contributed by atoms with Crippen molar-refractivity contribution in [3.63, 3.8) is 0 Å². The van der Waals surface area contributed by atoms with Gasteiger partial charge in [-0.2, -0.15) is 4.31 Å². The number of carbonyl (C=O) groups is 3. The van der Waals surface area contributed by atoms with E-state index in [1.165, 1.54) is 28.6 Å². The average molecular weight is 496 g/mol. The summed E-state index contributed by atoms with van der Waals surface area (Å²) in [6.45, 7) is 4.19. The van der Waals surface area contributed by atoms with Gasteiger partial charge in [0, 0.05) is 24.7 Å². The highest BCUT2D eigenvalue weighted by molar-refractivity contribution is 7.89. The van der Waals surface area contributed by atoms with Gasteiger partial charge in [-0.25, -0.2) is 13.2 Å². The summed E-state index contributed by atoms with van der Waals surface area (Å²) >= 11 is 0. The molecule has 2 fully saturated rings. The fourth-order valence-electron chi connectivity index (χ4n) is 4.02. The summed E-state index contributed by atoms with van der Waals surface area (Å²) in [5.41, 5.74) is 0.103. The largest absolute Gasteiger partial charge is 0.454 e. The molecule has 0 radical (unpaired) electrons. The quantitative estimate of drug-likeness (QED) is 0.490. The van der Waals surface area contributed by atoms with Crippen molar-refractivity contribution in [3.8, 4) is 0 Å². The standard InChI is InChI=1S/C23H33N3O7S/c1-16(2)21(23(29)33-15-20(27)24-18-7-3-4-8-18)25-22(28)17-6-5-9-19(14-17)34(30,31)26-10-12-32-13-11-26/h5-6,9,14,16,18,21H,3-4,7-8,10-13,15H2,1-2H3,(H,24,27)(H,25,28)/t21-/m0/s1. The van der Waals surface area contributed by atoms with E-state index in [4.69, 9.17) is 9.47 Å². The summed E-state index contributed by atoms with van der Waals surface area (Å²) in [6.07, 6.45) is 3.98. The van der Waals surface area contributed by atoms with E-state index in [-0.39, 0.29) is 41.4 Å². The number of rotatable bonds is 9. The Labute approximate surface area is 200 Å². The van der Waals surface area contributed by atoms with Crippen LogP contribution in [0.25, 0.3) is 0 Å². The van der Waals surface area contributed by atoms with Crippen LogP contribution in [0.3, 0.4) is 0 Å². The number of carbonyl (C=O) groups excluding carboxylic acids is 3. The fourth-order valence-corrected chi connectivity index (χ4v) is 5.48. The number of ether oxygens (including phenoxy) is 2. The lowest BCUT2D eigenvalue weighted by atomic mass is 10.0. The van der Waals surface area contributed by atoms with E-state index in [9.17, 15) is 22.8 Å². The number of morpholine rings is 1. The molecule has 0 unspecified atom stereocenters. The summed E-state index contributed by atoms with van der Waals surface area (Å²) in [4.78, 5) is 37.5. The highest BCUT2D eigenvalue weighted by Gasteiger charge is 2.29. The minimum absolute atomic E-state index is 0.00527. The topological polar surface area (TPSA) is 131 Å². The third-order valence-corrected chi connectivity index (χ3v) is 7.87. The third-order valence-electron chi connectivity index (χ3n) is 5.98. The molecule has 10 nitrogen and oxygen atoms in total. The molecule has 2 N–H and O–H groups in total. The Kier molecular flexibility index (Phi) is 9.03. The first-order chi connectivity index (χ1) is 16.2. The summed E-state index contributed by atoms with van der Waals surface area (Å²) in [7, 11) is -3.77. The molecule has 1 atom stereocenters. The second-order valence-corrected chi connectivity index (χ2v) is 10.8. The molecule has 1 aliphatic carbocycles. The Hall–Kier alpha value is -2.50. The summed E-state index contributed by atoms with van der Waals surface area (Å²) < 4.78 is 37.5. The van der Waals surface area contributed by atoms with Crippen LogP contribution in [-0.2, 0) is 29.1 Å². The molecule has 3 rings (SSSR count). The zero-order valence-electron chi connectivity index (χ0n) is 19.6. The van der Waals surface area contributed by atoms with Crippen molar-refractivity contribution in [2.75, 3.05) is 32.9 Å². The van der Waals surface area contributed by atoms with E-state index in [0.29, 0.717) is 13.2 Å². The van der Waals surface area contributed by atoms with Crippen LogP contribution in [0, 0.1) is 5.92 Å². The van der Waals surface area contributed by atoms with Crippen LogP contribution in [0.4, 0.5) is 0 Å². The van der Waals surface area contributed by atoms with Crippen LogP contribution < -0.4 is 10.6 Å². The molecule has 2 aliphatic rings. The molecule has 2 amide bonds. The maximum Gasteiger partial charge on any atom is 0.329 e. The van der Waals surface area contributed by atoms with Gasteiger partial charge < -0.3 is 20.1 Å². The molecule has 11 heteroatoms. The lowest BCUT2D eigenvalue weighted by molar-refractivity contribution is -0.151. The van der Waals surface area contributed by atoms with Gasteiger partial charge in [0.2, 0.25) is 10.0 Å². The number of nitrogens with zero attached hydrogens (tertiary/aromatic N) is 1. The van der Waals surface area contributed by atoms with Crippen molar-refractivity contribution in [1.82, 2.24) is 14.9 Å². The summed E-state index contributed by atoms with van der Waals surface area (Å²) in [6, 6.07) is 4.81. The van der Waals surface area contributed by atoms with E-state index in [0.717, 1.165) is 25.7 Å². The fraction of sp³-hybridized carbons (Fsp3) is 0.609. The molecule has 0 bridgehead atoms. The van der Waals surface area contributed by atoms with Gasteiger partial charge in [0.25, 0.3) is 11.8 Å². The van der Waals surface area contributed by atoms with Crippen molar-refractivity contribution in [2.24, 2.45) is 5.92 Å². The Balaban J connectivity index is 1.62. The number of sulfonamides is 1. The first kappa shape index (κ1) is 26.1. The molecule has 0 spiro atoms. The third kappa shape index (κ3) is 6.77. The molecule has 1 saturated heterocycles. The highest BCUT2D eigenvalue weighted by Crippen LogP contribution is 2.19. The maximum atomic E-state index is 12.9. The van der Waals surface area contributed by atoms with Crippen molar-refractivity contribution in [2.45, 2.75) is 56.5 Å². The van der Waals surface area contributed by atoms with Crippen LogP contribution in [0.15, 0.2) is 29.2 Å². The highest BCUT2D eigenvalue weighted by atomic mass is 32.2. The molecule has 34 heavy (non-hydrogen) atoms. The Morgan fingerprint density at radius 3 is 2.47 bits per heavy atom. The van der Waals surface area contributed by atoms with Crippen molar-refractivity contribution in [3.05, 3.63) is 29.8 Å². The second kappa shape index (κ2) is 11.8. The van der Waals surface area contributed by atoms with E-state index in [2.05, 4.69) is 10.6 Å². The van der Waals surface area contributed by atoms with Gasteiger partial charge in [-0.3, -0.25) is 9.59 Å². The smallest absolute Gasteiger partial charge is 0.329 e. The number of benzene rings is 1. The Bertz CT molecular complexity index is 984. The van der Waals surface area contributed by atoms with Gasteiger partial charge >= 0.3 is 5.97 Å². The summed E-state index contributed by atoms with van der Waals surface area (Å²) in [5.74, 6) is -2.00. The first-order valence-corrected chi connectivity index (χ1v) is 13.1. The minimum Gasteiger partial charge on any atom is -0.454 e. The van der Waals surface area contributed by atoms with Gasteiger partial charge in [0.15, 0.2) is 6.61 Å². The molecule has 1 heterocycles. The van der Waals surface area contributed by atoms with E-state index < -0.39 is 34.5 Å². The van der Waals surface area contributed by atoms with Gasteiger partial charge in [0.05, 0.1) is 18.1 Å². The number of hydrogen-bond acceptors (Lipinski definition) is 7. The maximum absolute atomic E-state index is 12.9. The lowest BCUT2D eigenvalue weighted by Gasteiger charge is -2.26. The molecular weight excluding hydrogens is 462 g/mol. The van der Waals surface area contributed by atoms with E-state index in [1.807, 2.05) is 0 Å². The van der Waals surface area contributed by atoms with Gasteiger partial charge in [-0.1, -0.05) is 32.8 Å². The van der Waals surface area contributed by atoms with Crippen molar-refractivity contribution >= 4 is 27.8 Å². The number of esters is 1. The normalized spacial score (nSPS) is 18.4. The number of nitrogens with one attached hydrogen (secondary N) is 2. The van der Waals surface area contributed by atoms with E-state index in [1.54, 1.807) is 13.8 Å². The van der Waals surface area contributed by atoms with Crippen LogP contribution in [0.1, 0.15) is 49.9 Å². The Morgan fingerprint density at radius 2 is 1.82 bits per heavy atom.